The molecule has 0 atom stereocenters. The Morgan fingerprint density at radius 3 is 2.62 bits per heavy atom. The molecule has 2 aromatic rings. The molecule has 0 unspecified atom stereocenters. The maximum atomic E-state index is 6.32. The summed E-state index contributed by atoms with van der Waals surface area (Å²) in [5, 5.41) is 0.850. The monoisotopic (exact) mass is 227 g/mol. The van der Waals surface area contributed by atoms with Crippen molar-refractivity contribution in [1.29, 1.82) is 0 Å². The van der Waals surface area contributed by atoms with Gasteiger partial charge in [0.2, 0.25) is 0 Å². The summed E-state index contributed by atoms with van der Waals surface area (Å²) in [4.78, 5) is 0. The molecule has 0 aliphatic heterocycles. The third-order valence-corrected chi connectivity index (χ3v) is 3.40. The van der Waals surface area contributed by atoms with Gasteiger partial charge in [-0.3, -0.25) is 0 Å². The summed E-state index contributed by atoms with van der Waals surface area (Å²) in [6.45, 7) is 0. The Labute approximate surface area is 101 Å². The van der Waals surface area contributed by atoms with Crippen molar-refractivity contribution >= 4 is 11.6 Å². The standard InChI is InChI=1S/C15H12Cl/c16-15-10-13-8-4-7-12(13)9-14(15)11-5-2-1-3-6-11/h1-3,5-6,8-10H,4,7H2. The highest BCUT2D eigenvalue weighted by atomic mass is 35.5. The molecule has 0 heterocycles. The van der Waals surface area contributed by atoms with Gasteiger partial charge in [-0.05, 0) is 48.1 Å². The van der Waals surface area contributed by atoms with Crippen molar-refractivity contribution in [3.05, 3.63) is 65.0 Å². The number of benzene rings is 2. The van der Waals surface area contributed by atoms with E-state index in [1.807, 2.05) is 18.2 Å². The smallest absolute Gasteiger partial charge is 0.0487 e. The van der Waals surface area contributed by atoms with Gasteiger partial charge in [-0.25, -0.2) is 0 Å². The van der Waals surface area contributed by atoms with Gasteiger partial charge >= 0.3 is 0 Å². The van der Waals surface area contributed by atoms with Crippen LogP contribution < -0.4 is 0 Å². The highest BCUT2D eigenvalue weighted by molar-refractivity contribution is 6.33. The van der Waals surface area contributed by atoms with Gasteiger partial charge in [-0.2, -0.15) is 0 Å². The van der Waals surface area contributed by atoms with Crippen LogP contribution in [0.5, 0.6) is 0 Å². The molecule has 0 aromatic heterocycles. The molecule has 2 aromatic carbocycles. The van der Waals surface area contributed by atoms with Crippen molar-refractivity contribution in [2.75, 3.05) is 0 Å². The Hall–Kier alpha value is -1.27. The first-order chi connectivity index (χ1) is 7.84. The van der Waals surface area contributed by atoms with E-state index in [1.165, 1.54) is 16.7 Å². The van der Waals surface area contributed by atoms with E-state index in [4.69, 9.17) is 11.6 Å². The summed E-state index contributed by atoms with van der Waals surface area (Å²) >= 11 is 6.32. The molecule has 0 saturated heterocycles. The molecule has 79 valence electrons. The van der Waals surface area contributed by atoms with Crippen LogP contribution in [-0.2, 0) is 6.42 Å². The summed E-state index contributed by atoms with van der Waals surface area (Å²) < 4.78 is 0. The number of hydrogen-bond acceptors (Lipinski definition) is 0. The van der Waals surface area contributed by atoms with E-state index in [0.717, 1.165) is 23.4 Å². The predicted molar refractivity (Wildman–Crippen MR) is 68.6 cm³/mol. The van der Waals surface area contributed by atoms with E-state index in [0.29, 0.717) is 0 Å². The molecular weight excluding hydrogens is 216 g/mol. The number of hydrogen-bond donors (Lipinski definition) is 0. The molecule has 0 fully saturated rings. The maximum absolute atomic E-state index is 6.32. The van der Waals surface area contributed by atoms with Gasteiger partial charge in [0.25, 0.3) is 0 Å². The summed E-state index contributed by atoms with van der Waals surface area (Å²) in [6.07, 6.45) is 4.55. The zero-order valence-corrected chi connectivity index (χ0v) is 9.67. The zero-order chi connectivity index (χ0) is 11.0. The quantitative estimate of drug-likeness (QED) is 0.673. The van der Waals surface area contributed by atoms with Crippen LogP contribution in [0.2, 0.25) is 5.02 Å². The molecule has 3 rings (SSSR count). The van der Waals surface area contributed by atoms with Crippen molar-refractivity contribution in [2.45, 2.75) is 12.8 Å². The second kappa shape index (κ2) is 3.95. The van der Waals surface area contributed by atoms with Gasteiger partial charge in [0, 0.05) is 10.6 Å². The summed E-state index contributed by atoms with van der Waals surface area (Å²) in [6, 6.07) is 14.6. The molecule has 0 amide bonds. The van der Waals surface area contributed by atoms with Crippen LogP contribution in [0.15, 0.2) is 42.5 Å². The number of rotatable bonds is 1. The lowest BCUT2D eigenvalue weighted by Crippen LogP contribution is -1.86. The van der Waals surface area contributed by atoms with Gasteiger partial charge in [-0.15, -0.1) is 0 Å². The second-order valence-electron chi connectivity index (χ2n) is 4.14. The third kappa shape index (κ3) is 1.64. The Bertz CT molecular complexity index is 514. The van der Waals surface area contributed by atoms with Crippen LogP contribution in [0.3, 0.4) is 0 Å². The molecule has 0 N–H and O–H groups in total. The van der Waals surface area contributed by atoms with E-state index >= 15 is 0 Å². The van der Waals surface area contributed by atoms with Crippen LogP contribution >= 0.6 is 11.6 Å². The van der Waals surface area contributed by atoms with Crippen LogP contribution in [0, 0.1) is 6.42 Å². The molecule has 1 radical (unpaired) electrons. The lowest BCUT2D eigenvalue weighted by atomic mass is 10.0. The van der Waals surface area contributed by atoms with Crippen LogP contribution in [-0.4, -0.2) is 0 Å². The molecule has 1 aliphatic rings. The minimum Gasteiger partial charge on any atom is -0.0837 e. The second-order valence-corrected chi connectivity index (χ2v) is 4.55. The Morgan fingerprint density at radius 1 is 1.00 bits per heavy atom. The largest absolute Gasteiger partial charge is 0.0837 e. The maximum Gasteiger partial charge on any atom is 0.0487 e. The first-order valence-corrected chi connectivity index (χ1v) is 5.93. The molecular formula is C15H12Cl. The lowest BCUT2D eigenvalue weighted by molar-refractivity contribution is 1.03. The summed E-state index contributed by atoms with van der Waals surface area (Å²) in [7, 11) is 0. The lowest BCUT2D eigenvalue weighted by Gasteiger charge is -2.08. The number of fused-ring (bicyclic) bond motifs is 1. The van der Waals surface area contributed by atoms with Crippen molar-refractivity contribution in [2.24, 2.45) is 0 Å². The minimum atomic E-state index is 0.850. The summed E-state index contributed by atoms with van der Waals surface area (Å²) in [5.41, 5.74) is 5.08. The fraction of sp³-hybridized carbons (Fsp3) is 0.133. The van der Waals surface area contributed by atoms with Crippen molar-refractivity contribution in [1.82, 2.24) is 0 Å². The van der Waals surface area contributed by atoms with E-state index in [9.17, 15) is 0 Å². The molecule has 1 aliphatic carbocycles. The molecule has 0 spiro atoms. The highest BCUT2D eigenvalue weighted by Crippen LogP contribution is 2.34. The minimum absolute atomic E-state index is 0.850. The molecule has 0 bridgehead atoms. The van der Waals surface area contributed by atoms with E-state index in [2.05, 4.69) is 30.7 Å². The van der Waals surface area contributed by atoms with Gasteiger partial charge in [-0.1, -0.05) is 41.9 Å². The fourth-order valence-electron chi connectivity index (χ4n) is 2.26. The van der Waals surface area contributed by atoms with E-state index in [1.54, 1.807) is 0 Å². The Kier molecular flexibility index (Phi) is 2.45. The van der Waals surface area contributed by atoms with Crippen LogP contribution in [0.25, 0.3) is 11.1 Å². The zero-order valence-electron chi connectivity index (χ0n) is 8.91. The Morgan fingerprint density at radius 2 is 1.81 bits per heavy atom. The molecule has 16 heavy (non-hydrogen) atoms. The Balaban J connectivity index is 2.15. The van der Waals surface area contributed by atoms with Gasteiger partial charge < -0.3 is 0 Å². The van der Waals surface area contributed by atoms with Gasteiger partial charge in [0.05, 0.1) is 0 Å². The van der Waals surface area contributed by atoms with Crippen LogP contribution in [0.1, 0.15) is 17.5 Å². The SMILES string of the molecule is Clc1cc2c(cc1-c1ccccc1)CC[CH]2. The normalized spacial score (nSPS) is 13.8. The van der Waals surface area contributed by atoms with Crippen molar-refractivity contribution in [3.8, 4) is 11.1 Å². The van der Waals surface area contributed by atoms with Crippen molar-refractivity contribution < 1.29 is 0 Å². The van der Waals surface area contributed by atoms with Crippen molar-refractivity contribution in [3.63, 3.8) is 0 Å². The average Bonchev–Trinajstić information content (AvgIpc) is 2.76. The topological polar surface area (TPSA) is 0 Å². The predicted octanol–water partition coefficient (Wildman–Crippen LogP) is 4.51. The van der Waals surface area contributed by atoms with Gasteiger partial charge in [0.1, 0.15) is 0 Å². The van der Waals surface area contributed by atoms with Gasteiger partial charge in [0.15, 0.2) is 0 Å². The first kappa shape index (κ1) is 9.92. The number of aryl methyl sites for hydroxylation is 1. The van der Waals surface area contributed by atoms with E-state index in [-0.39, 0.29) is 0 Å². The average molecular weight is 228 g/mol. The molecule has 0 saturated carbocycles. The third-order valence-electron chi connectivity index (χ3n) is 3.09. The fourth-order valence-corrected chi connectivity index (χ4v) is 2.54. The molecule has 0 nitrogen and oxygen atoms in total. The van der Waals surface area contributed by atoms with Crippen LogP contribution in [0.4, 0.5) is 0 Å². The summed E-state index contributed by atoms with van der Waals surface area (Å²) in [5.74, 6) is 0. The first-order valence-electron chi connectivity index (χ1n) is 5.55. The molecule has 1 heteroatoms. The van der Waals surface area contributed by atoms with E-state index < -0.39 is 0 Å². The highest BCUT2D eigenvalue weighted by Gasteiger charge is 2.14. The number of halogens is 1.